The second kappa shape index (κ2) is 9.56. The zero-order chi connectivity index (χ0) is 21.7. The molecule has 2 aromatic carbocycles. The van der Waals surface area contributed by atoms with Crippen molar-refractivity contribution in [1.29, 1.82) is 0 Å². The number of carbonyl (C=O) groups is 2. The van der Waals surface area contributed by atoms with E-state index in [-0.39, 0.29) is 17.9 Å². The topological polar surface area (TPSA) is 85.3 Å². The lowest BCUT2D eigenvalue weighted by atomic mass is 9.95. The van der Waals surface area contributed by atoms with E-state index < -0.39 is 24.0 Å². The van der Waals surface area contributed by atoms with E-state index in [0.717, 1.165) is 0 Å². The molecular weight excluding hydrogens is 386 g/mol. The third-order valence-electron chi connectivity index (χ3n) is 4.97. The highest BCUT2D eigenvalue weighted by atomic mass is 16.7. The number of ketones is 1. The van der Waals surface area contributed by atoms with E-state index in [1.54, 1.807) is 54.6 Å². The molecule has 1 heterocycles. The maximum atomic E-state index is 12.9. The fourth-order valence-electron chi connectivity index (χ4n) is 3.49. The molecule has 3 rings (SSSR count). The van der Waals surface area contributed by atoms with Crippen LogP contribution in [0.25, 0.3) is 5.76 Å². The number of hydrogen-bond donors (Lipinski definition) is 1. The molecule has 0 bridgehead atoms. The van der Waals surface area contributed by atoms with Crippen molar-refractivity contribution in [3.8, 4) is 5.75 Å². The molecule has 7 heteroatoms. The predicted molar refractivity (Wildman–Crippen MR) is 111 cm³/mol. The van der Waals surface area contributed by atoms with Crippen molar-refractivity contribution in [2.24, 2.45) is 0 Å². The van der Waals surface area contributed by atoms with Gasteiger partial charge in [0.2, 0.25) is 0 Å². The highest BCUT2D eigenvalue weighted by Crippen LogP contribution is 2.40. The number of benzene rings is 2. The molecule has 1 aliphatic heterocycles. The SMILES string of the molecule is CCOc1ccc([C@H]2C(=C(O)c3ccccc3)C(=O)C(=O)N2CC(OC)OC)cc1. The van der Waals surface area contributed by atoms with Gasteiger partial charge in [0, 0.05) is 19.8 Å². The van der Waals surface area contributed by atoms with Gasteiger partial charge in [-0.15, -0.1) is 0 Å². The fraction of sp³-hybridized carbons (Fsp3) is 0.304. The number of likely N-dealkylation sites (tertiary alicyclic amines) is 1. The lowest BCUT2D eigenvalue weighted by molar-refractivity contribution is -0.149. The van der Waals surface area contributed by atoms with E-state index in [4.69, 9.17) is 14.2 Å². The van der Waals surface area contributed by atoms with Crippen molar-refractivity contribution < 1.29 is 28.9 Å². The van der Waals surface area contributed by atoms with Crippen molar-refractivity contribution in [2.75, 3.05) is 27.4 Å². The van der Waals surface area contributed by atoms with Gasteiger partial charge in [-0.1, -0.05) is 42.5 Å². The average Bonchev–Trinajstić information content (AvgIpc) is 3.03. The van der Waals surface area contributed by atoms with Crippen molar-refractivity contribution in [1.82, 2.24) is 4.90 Å². The summed E-state index contributed by atoms with van der Waals surface area (Å²) in [6, 6.07) is 15.0. The molecule has 1 N–H and O–H groups in total. The Morgan fingerprint density at radius 3 is 2.23 bits per heavy atom. The first-order valence-corrected chi connectivity index (χ1v) is 9.64. The molecule has 0 spiro atoms. The highest BCUT2D eigenvalue weighted by Gasteiger charge is 2.46. The number of carbonyl (C=O) groups excluding carboxylic acids is 2. The van der Waals surface area contributed by atoms with Gasteiger partial charge in [0.1, 0.15) is 11.5 Å². The predicted octanol–water partition coefficient (Wildman–Crippen LogP) is 3.13. The molecular formula is C23H25NO6. The first-order valence-electron chi connectivity index (χ1n) is 9.64. The highest BCUT2D eigenvalue weighted by molar-refractivity contribution is 6.46. The maximum Gasteiger partial charge on any atom is 0.295 e. The number of Topliss-reactive ketones (excluding diaryl/α,β-unsaturated/α-hetero) is 1. The Kier molecular flexibility index (Phi) is 6.87. The van der Waals surface area contributed by atoms with Gasteiger partial charge in [-0.25, -0.2) is 0 Å². The molecule has 2 aromatic rings. The van der Waals surface area contributed by atoms with E-state index in [1.165, 1.54) is 19.1 Å². The zero-order valence-electron chi connectivity index (χ0n) is 17.2. The Hall–Kier alpha value is -3.16. The average molecular weight is 411 g/mol. The summed E-state index contributed by atoms with van der Waals surface area (Å²) in [5, 5.41) is 10.9. The molecule has 1 aliphatic rings. The number of ether oxygens (including phenoxy) is 3. The van der Waals surface area contributed by atoms with Crippen LogP contribution in [0.5, 0.6) is 5.75 Å². The van der Waals surface area contributed by atoms with Gasteiger partial charge in [0.25, 0.3) is 11.7 Å². The minimum absolute atomic E-state index is 0.0288. The van der Waals surface area contributed by atoms with Crippen LogP contribution >= 0.6 is 0 Å². The second-order valence-electron chi connectivity index (χ2n) is 6.72. The van der Waals surface area contributed by atoms with Crippen LogP contribution < -0.4 is 4.74 Å². The summed E-state index contributed by atoms with van der Waals surface area (Å²) >= 11 is 0. The van der Waals surface area contributed by atoms with Crippen LogP contribution in [-0.4, -0.2) is 55.4 Å². The monoisotopic (exact) mass is 411 g/mol. The molecule has 1 amide bonds. The number of aliphatic hydroxyl groups excluding tert-OH is 1. The minimum Gasteiger partial charge on any atom is -0.507 e. The van der Waals surface area contributed by atoms with Crippen LogP contribution in [0.1, 0.15) is 24.1 Å². The number of nitrogens with zero attached hydrogens (tertiary/aromatic N) is 1. The Labute approximate surface area is 175 Å². The third kappa shape index (κ3) is 4.22. The summed E-state index contributed by atoms with van der Waals surface area (Å²) in [5.41, 5.74) is 1.16. The normalized spacial score (nSPS) is 18.3. The zero-order valence-corrected chi connectivity index (χ0v) is 17.2. The van der Waals surface area contributed by atoms with Crippen LogP contribution in [0.3, 0.4) is 0 Å². The van der Waals surface area contributed by atoms with E-state index in [0.29, 0.717) is 23.5 Å². The van der Waals surface area contributed by atoms with E-state index in [1.807, 2.05) is 6.92 Å². The standard InChI is InChI=1S/C23H25NO6/c1-4-30-17-12-10-15(11-13-17)20-19(21(25)16-8-6-5-7-9-16)22(26)23(27)24(20)14-18(28-2)29-3/h5-13,18,20,25H,4,14H2,1-3H3/t20-/m0/s1. The lowest BCUT2D eigenvalue weighted by Gasteiger charge is -2.28. The number of methoxy groups -OCH3 is 2. The maximum absolute atomic E-state index is 12.9. The molecule has 0 unspecified atom stereocenters. The number of hydrogen-bond acceptors (Lipinski definition) is 6. The molecule has 0 aliphatic carbocycles. The first-order chi connectivity index (χ1) is 14.5. The van der Waals surface area contributed by atoms with Crippen LogP contribution in [-0.2, 0) is 19.1 Å². The molecule has 1 fully saturated rings. The Balaban J connectivity index is 2.11. The van der Waals surface area contributed by atoms with Gasteiger partial charge in [-0.3, -0.25) is 9.59 Å². The van der Waals surface area contributed by atoms with Gasteiger partial charge in [0.15, 0.2) is 6.29 Å². The van der Waals surface area contributed by atoms with Crippen LogP contribution in [0.4, 0.5) is 0 Å². The number of aliphatic hydroxyl groups is 1. The molecule has 1 saturated heterocycles. The molecule has 0 aromatic heterocycles. The smallest absolute Gasteiger partial charge is 0.295 e. The number of amides is 1. The summed E-state index contributed by atoms with van der Waals surface area (Å²) in [5.74, 6) is -1.01. The fourth-order valence-corrected chi connectivity index (χ4v) is 3.49. The van der Waals surface area contributed by atoms with Crippen molar-refractivity contribution in [2.45, 2.75) is 19.3 Å². The van der Waals surface area contributed by atoms with E-state index >= 15 is 0 Å². The van der Waals surface area contributed by atoms with Gasteiger partial charge < -0.3 is 24.2 Å². The quantitative estimate of drug-likeness (QED) is 0.311. The van der Waals surface area contributed by atoms with Gasteiger partial charge >= 0.3 is 0 Å². The van der Waals surface area contributed by atoms with Gasteiger partial charge in [-0.05, 0) is 24.6 Å². The van der Waals surface area contributed by atoms with Gasteiger partial charge in [-0.2, -0.15) is 0 Å². The van der Waals surface area contributed by atoms with Crippen LogP contribution in [0.2, 0.25) is 0 Å². The lowest BCUT2D eigenvalue weighted by Crippen LogP contribution is -2.38. The molecule has 1 atom stereocenters. The third-order valence-corrected chi connectivity index (χ3v) is 4.97. The Morgan fingerprint density at radius 1 is 1.03 bits per heavy atom. The minimum atomic E-state index is -0.784. The molecule has 0 saturated carbocycles. The summed E-state index contributed by atoms with van der Waals surface area (Å²) in [6.07, 6.45) is -0.717. The largest absolute Gasteiger partial charge is 0.507 e. The molecule has 7 nitrogen and oxygen atoms in total. The van der Waals surface area contributed by atoms with E-state index in [9.17, 15) is 14.7 Å². The van der Waals surface area contributed by atoms with Crippen molar-refractivity contribution >= 4 is 17.4 Å². The Morgan fingerprint density at radius 2 is 1.67 bits per heavy atom. The van der Waals surface area contributed by atoms with Crippen molar-refractivity contribution in [3.63, 3.8) is 0 Å². The second-order valence-corrected chi connectivity index (χ2v) is 6.72. The summed E-state index contributed by atoms with van der Waals surface area (Å²) in [6.45, 7) is 2.44. The molecule has 158 valence electrons. The van der Waals surface area contributed by atoms with Gasteiger partial charge in [0.05, 0.1) is 24.8 Å². The van der Waals surface area contributed by atoms with Crippen molar-refractivity contribution in [3.05, 3.63) is 71.3 Å². The first kappa shape index (κ1) is 21.5. The molecule has 30 heavy (non-hydrogen) atoms. The summed E-state index contributed by atoms with van der Waals surface area (Å²) in [7, 11) is 2.92. The van der Waals surface area contributed by atoms with Crippen LogP contribution in [0, 0.1) is 0 Å². The molecule has 0 radical (unpaired) electrons. The summed E-state index contributed by atoms with van der Waals surface area (Å²) < 4.78 is 16.0. The summed E-state index contributed by atoms with van der Waals surface area (Å²) in [4.78, 5) is 27.2. The van der Waals surface area contributed by atoms with Crippen LogP contribution in [0.15, 0.2) is 60.2 Å². The Bertz CT molecular complexity index is 918. The van der Waals surface area contributed by atoms with E-state index in [2.05, 4.69) is 0 Å². The number of rotatable bonds is 8.